The zero-order valence-electron chi connectivity index (χ0n) is 14.1. The van der Waals surface area contributed by atoms with Gasteiger partial charge in [-0.05, 0) is 42.3 Å². The number of halogens is 1. The molecule has 1 aliphatic rings. The molecule has 0 atom stereocenters. The Hall–Kier alpha value is -3.01. The summed E-state index contributed by atoms with van der Waals surface area (Å²) < 4.78 is 14.9. The summed E-state index contributed by atoms with van der Waals surface area (Å²) in [7, 11) is 1.75. The molecule has 0 spiro atoms. The normalized spacial score (nSPS) is 12.8. The number of rotatable bonds is 1. The van der Waals surface area contributed by atoms with E-state index < -0.39 is 0 Å². The number of aromatic nitrogens is 1. The Labute approximate surface area is 145 Å². The summed E-state index contributed by atoms with van der Waals surface area (Å²) >= 11 is 0. The van der Waals surface area contributed by atoms with E-state index >= 15 is 0 Å². The van der Waals surface area contributed by atoms with E-state index in [1.54, 1.807) is 29.8 Å². The van der Waals surface area contributed by atoms with Crippen LogP contribution >= 0.6 is 0 Å². The van der Waals surface area contributed by atoms with Gasteiger partial charge >= 0.3 is 0 Å². The van der Waals surface area contributed by atoms with E-state index in [2.05, 4.69) is 6.07 Å². The Kier molecular flexibility index (Phi) is 3.61. The molecule has 1 aromatic heterocycles. The molecule has 0 saturated carbocycles. The average molecular weight is 332 g/mol. The first-order valence-electron chi connectivity index (χ1n) is 8.14. The average Bonchev–Trinajstić information content (AvgIpc) is 2.73. The van der Waals surface area contributed by atoms with Gasteiger partial charge in [0.1, 0.15) is 5.82 Å². The van der Waals surface area contributed by atoms with Gasteiger partial charge in [0.25, 0.3) is 5.56 Å². The number of fused-ring (bicyclic) bond motifs is 3. The third-order valence-electron chi connectivity index (χ3n) is 4.56. The van der Waals surface area contributed by atoms with Gasteiger partial charge < -0.3 is 4.57 Å². The number of hydrogen-bond donors (Lipinski definition) is 0. The van der Waals surface area contributed by atoms with E-state index in [-0.39, 0.29) is 11.4 Å². The number of pyridine rings is 1. The Morgan fingerprint density at radius 2 is 1.76 bits per heavy atom. The van der Waals surface area contributed by atoms with E-state index in [9.17, 15) is 9.18 Å². The summed E-state index contributed by atoms with van der Waals surface area (Å²) in [5.41, 5.74) is 6.74. The number of aryl methyl sites for hydroxylation is 2. The summed E-state index contributed by atoms with van der Waals surface area (Å²) in [5.74, 6) is -0.270. The molecule has 2 aromatic carbocycles. The minimum absolute atomic E-state index is 0.0478. The lowest BCUT2D eigenvalue weighted by Crippen LogP contribution is -2.16. The Morgan fingerprint density at radius 1 is 1.00 bits per heavy atom. The van der Waals surface area contributed by atoms with E-state index in [1.165, 1.54) is 12.1 Å². The molecule has 0 radical (unpaired) electrons. The van der Waals surface area contributed by atoms with E-state index in [4.69, 9.17) is 4.99 Å². The second-order valence-electron chi connectivity index (χ2n) is 6.38. The lowest BCUT2D eigenvalue weighted by molar-refractivity contribution is 0.628. The van der Waals surface area contributed by atoms with Crippen molar-refractivity contribution in [3.05, 3.63) is 93.2 Å². The van der Waals surface area contributed by atoms with Crippen LogP contribution < -0.4 is 5.56 Å². The Bertz CT molecular complexity index is 1060. The summed E-state index contributed by atoms with van der Waals surface area (Å²) in [5, 5.41) is 0. The van der Waals surface area contributed by atoms with Crippen LogP contribution in [0.15, 0.2) is 64.5 Å². The third kappa shape index (κ3) is 2.70. The highest BCUT2D eigenvalue weighted by Crippen LogP contribution is 2.32. The maximum absolute atomic E-state index is 13.3. The van der Waals surface area contributed by atoms with Crippen LogP contribution in [0.25, 0.3) is 11.1 Å². The molecule has 0 bridgehead atoms. The standard InChI is InChI=1S/C21H17FN2O/c1-13-3-8-17-18(9-13)19-12-24(2)20(25)10-15(19)11-23-21(17)14-4-6-16(22)7-5-14/h3-10,12H,11H2,1-2H3. The van der Waals surface area contributed by atoms with E-state index in [1.807, 2.05) is 25.3 Å². The first-order valence-corrected chi connectivity index (χ1v) is 8.14. The fourth-order valence-corrected chi connectivity index (χ4v) is 3.23. The number of aliphatic imine (C=N–C) groups is 1. The summed E-state index contributed by atoms with van der Waals surface area (Å²) in [6, 6.07) is 14.2. The molecule has 0 unspecified atom stereocenters. The van der Waals surface area contributed by atoms with Crippen molar-refractivity contribution in [1.29, 1.82) is 0 Å². The lowest BCUT2D eigenvalue weighted by atomic mass is 9.92. The van der Waals surface area contributed by atoms with Crippen molar-refractivity contribution < 1.29 is 4.39 Å². The van der Waals surface area contributed by atoms with Gasteiger partial charge in [-0.25, -0.2) is 4.39 Å². The molecule has 0 aliphatic carbocycles. The van der Waals surface area contributed by atoms with Crippen molar-refractivity contribution in [3.63, 3.8) is 0 Å². The minimum Gasteiger partial charge on any atom is -0.318 e. The maximum atomic E-state index is 13.3. The molecule has 2 heterocycles. The largest absolute Gasteiger partial charge is 0.318 e. The van der Waals surface area contributed by atoms with Gasteiger partial charge in [-0.1, -0.05) is 23.8 Å². The number of nitrogens with zero attached hydrogens (tertiary/aromatic N) is 2. The van der Waals surface area contributed by atoms with Gasteiger partial charge in [0.05, 0.1) is 12.3 Å². The molecule has 0 saturated heterocycles. The maximum Gasteiger partial charge on any atom is 0.250 e. The second kappa shape index (κ2) is 5.81. The van der Waals surface area contributed by atoms with Crippen molar-refractivity contribution in [1.82, 2.24) is 4.57 Å². The molecule has 124 valence electrons. The molecule has 4 rings (SSSR count). The van der Waals surface area contributed by atoms with Gasteiger partial charge in [-0.15, -0.1) is 0 Å². The van der Waals surface area contributed by atoms with Crippen LogP contribution in [-0.4, -0.2) is 10.3 Å². The van der Waals surface area contributed by atoms with Crippen LogP contribution in [0, 0.1) is 12.7 Å². The quantitative estimate of drug-likeness (QED) is 0.666. The molecule has 3 aromatic rings. The highest BCUT2D eigenvalue weighted by Gasteiger charge is 2.20. The fourth-order valence-electron chi connectivity index (χ4n) is 3.23. The second-order valence-corrected chi connectivity index (χ2v) is 6.38. The van der Waals surface area contributed by atoms with Crippen molar-refractivity contribution in [2.24, 2.45) is 12.0 Å². The van der Waals surface area contributed by atoms with E-state index in [0.29, 0.717) is 6.54 Å². The molecule has 0 fully saturated rings. The first kappa shape index (κ1) is 15.5. The minimum atomic E-state index is -0.270. The highest BCUT2D eigenvalue weighted by molar-refractivity contribution is 6.17. The highest BCUT2D eigenvalue weighted by atomic mass is 19.1. The molecule has 4 heteroatoms. The van der Waals surface area contributed by atoms with Crippen LogP contribution in [0.5, 0.6) is 0 Å². The molecule has 3 nitrogen and oxygen atoms in total. The predicted molar refractivity (Wildman–Crippen MR) is 97.6 cm³/mol. The van der Waals surface area contributed by atoms with Crippen molar-refractivity contribution in [2.45, 2.75) is 13.5 Å². The first-order chi connectivity index (χ1) is 12.0. The van der Waals surface area contributed by atoms with Crippen molar-refractivity contribution >= 4 is 5.71 Å². The van der Waals surface area contributed by atoms with Gasteiger partial charge in [0.2, 0.25) is 0 Å². The summed E-state index contributed by atoms with van der Waals surface area (Å²) in [4.78, 5) is 16.8. The topological polar surface area (TPSA) is 34.4 Å². The smallest absolute Gasteiger partial charge is 0.250 e. The number of benzene rings is 2. The van der Waals surface area contributed by atoms with E-state index in [0.717, 1.165) is 39.1 Å². The van der Waals surface area contributed by atoms with Gasteiger partial charge in [0.15, 0.2) is 0 Å². The van der Waals surface area contributed by atoms with Crippen LogP contribution in [0.2, 0.25) is 0 Å². The van der Waals surface area contributed by atoms with Gasteiger partial charge in [0, 0.05) is 36.0 Å². The monoisotopic (exact) mass is 332 g/mol. The van der Waals surface area contributed by atoms with Gasteiger partial charge in [-0.2, -0.15) is 0 Å². The van der Waals surface area contributed by atoms with Crippen LogP contribution in [0.4, 0.5) is 4.39 Å². The molecule has 1 aliphatic heterocycles. The third-order valence-corrected chi connectivity index (χ3v) is 4.56. The molecular formula is C21H17FN2O. The van der Waals surface area contributed by atoms with Gasteiger partial charge in [-0.3, -0.25) is 9.79 Å². The summed E-state index contributed by atoms with van der Waals surface area (Å²) in [6.07, 6.45) is 1.87. The fraction of sp³-hybridized carbons (Fsp3) is 0.143. The Balaban J connectivity index is 2.00. The molecule has 0 amide bonds. The van der Waals surface area contributed by atoms with Crippen molar-refractivity contribution in [3.8, 4) is 11.1 Å². The predicted octanol–water partition coefficient (Wildman–Crippen LogP) is 3.85. The van der Waals surface area contributed by atoms with Crippen LogP contribution in [0.1, 0.15) is 22.3 Å². The lowest BCUT2D eigenvalue weighted by Gasteiger charge is -2.13. The molecular weight excluding hydrogens is 315 g/mol. The SMILES string of the molecule is Cc1ccc2c(c1)-c1cn(C)c(=O)cc1CN=C2c1ccc(F)cc1. The van der Waals surface area contributed by atoms with Crippen molar-refractivity contribution in [2.75, 3.05) is 0 Å². The molecule has 0 N–H and O–H groups in total. The zero-order chi connectivity index (χ0) is 17.6. The molecule has 25 heavy (non-hydrogen) atoms. The van der Waals surface area contributed by atoms with Crippen LogP contribution in [0.3, 0.4) is 0 Å². The Morgan fingerprint density at radius 3 is 2.52 bits per heavy atom. The van der Waals surface area contributed by atoms with Crippen LogP contribution in [-0.2, 0) is 13.6 Å². The number of hydrogen-bond acceptors (Lipinski definition) is 2. The summed E-state index contributed by atoms with van der Waals surface area (Å²) in [6.45, 7) is 2.47. The zero-order valence-corrected chi connectivity index (χ0v) is 14.1.